The molecule has 0 heterocycles. The van der Waals surface area contributed by atoms with Crippen LogP contribution in [-0.2, 0) is 11.3 Å². The smallest absolute Gasteiger partial charge is 0.224 e. The number of carbonyl (C=O) groups excluding carboxylic acids is 1. The standard InChI is InChI=1S/C17H15Cl2NO/c18-15-7-6-11(8-16(15)19)10-20-17(21)14-9-13(14)12-4-2-1-3-5-12/h1-8,13-14H,9-10H2,(H,20,21)/t13-,14+/m1/s1. The third-order valence-corrected chi connectivity index (χ3v) is 4.54. The van der Waals surface area contributed by atoms with Crippen LogP contribution in [0.4, 0.5) is 0 Å². The van der Waals surface area contributed by atoms with Crippen LogP contribution < -0.4 is 5.32 Å². The summed E-state index contributed by atoms with van der Waals surface area (Å²) in [6.45, 7) is 0.480. The first-order chi connectivity index (χ1) is 10.1. The van der Waals surface area contributed by atoms with Crippen LogP contribution in [0.25, 0.3) is 0 Å². The lowest BCUT2D eigenvalue weighted by Gasteiger charge is -2.06. The number of hydrogen-bond donors (Lipinski definition) is 1. The van der Waals surface area contributed by atoms with Gasteiger partial charge in [0.25, 0.3) is 0 Å². The molecule has 1 amide bonds. The van der Waals surface area contributed by atoms with Gasteiger partial charge in [-0.2, -0.15) is 0 Å². The van der Waals surface area contributed by atoms with Crippen LogP contribution in [-0.4, -0.2) is 5.91 Å². The van der Waals surface area contributed by atoms with Gasteiger partial charge in [-0.15, -0.1) is 0 Å². The molecular formula is C17H15Cl2NO. The molecule has 0 radical (unpaired) electrons. The lowest BCUT2D eigenvalue weighted by atomic mass is 10.1. The highest BCUT2D eigenvalue weighted by Gasteiger charge is 2.43. The molecule has 21 heavy (non-hydrogen) atoms. The van der Waals surface area contributed by atoms with Gasteiger partial charge in [0, 0.05) is 12.5 Å². The molecule has 4 heteroatoms. The SMILES string of the molecule is O=C(NCc1ccc(Cl)c(Cl)c1)[C@H]1C[C@@H]1c1ccccc1. The number of carbonyl (C=O) groups is 1. The van der Waals surface area contributed by atoms with Crippen molar-refractivity contribution in [2.75, 3.05) is 0 Å². The van der Waals surface area contributed by atoms with Gasteiger partial charge in [0.1, 0.15) is 0 Å². The first-order valence-corrected chi connectivity index (χ1v) is 7.67. The molecule has 1 N–H and O–H groups in total. The zero-order chi connectivity index (χ0) is 14.8. The summed E-state index contributed by atoms with van der Waals surface area (Å²) < 4.78 is 0. The minimum absolute atomic E-state index is 0.0928. The summed E-state index contributed by atoms with van der Waals surface area (Å²) in [4.78, 5) is 12.1. The highest BCUT2D eigenvalue weighted by molar-refractivity contribution is 6.42. The van der Waals surface area contributed by atoms with Gasteiger partial charge in [0.15, 0.2) is 0 Å². The number of nitrogens with one attached hydrogen (secondary N) is 1. The second kappa shape index (κ2) is 6.08. The molecule has 1 aliphatic rings. The van der Waals surface area contributed by atoms with E-state index in [2.05, 4.69) is 17.4 Å². The van der Waals surface area contributed by atoms with Crippen molar-refractivity contribution in [2.24, 2.45) is 5.92 Å². The minimum Gasteiger partial charge on any atom is -0.352 e. The Labute approximate surface area is 134 Å². The van der Waals surface area contributed by atoms with Crippen molar-refractivity contribution in [1.29, 1.82) is 0 Å². The Morgan fingerprint density at radius 3 is 2.57 bits per heavy atom. The molecule has 1 saturated carbocycles. The van der Waals surface area contributed by atoms with Crippen LogP contribution in [0.2, 0.25) is 10.0 Å². The molecule has 2 aromatic carbocycles. The number of halogens is 2. The highest BCUT2D eigenvalue weighted by atomic mass is 35.5. The third-order valence-electron chi connectivity index (χ3n) is 3.81. The van der Waals surface area contributed by atoms with Crippen molar-refractivity contribution in [3.05, 3.63) is 69.7 Å². The third kappa shape index (κ3) is 3.39. The summed E-state index contributed by atoms with van der Waals surface area (Å²) in [6.07, 6.45) is 0.928. The van der Waals surface area contributed by atoms with Crippen molar-refractivity contribution < 1.29 is 4.79 Å². The van der Waals surface area contributed by atoms with Crippen molar-refractivity contribution in [1.82, 2.24) is 5.32 Å². The molecule has 1 aliphatic carbocycles. The monoisotopic (exact) mass is 319 g/mol. The molecule has 0 unspecified atom stereocenters. The molecule has 1 fully saturated rings. The zero-order valence-corrected chi connectivity index (χ0v) is 12.9. The minimum atomic E-state index is 0.0928. The average molecular weight is 320 g/mol. The molecule has 0 bridgehead atoms. The number of hydrogen-bond acceptors (Lipinski definition) is 1. The summed E-state index contributed by atoms with van der Waals surface area (Å²) in [5.41, 5.74) is 2.20. The Morgan fingerprint density at radius 2 is 1.86 bits per heavy atom. The van der Waals surface area contributed by atoms with Crippen LogP contribution in [0.15, 0.2) is 48.5 Å². The van der Waals surface area contributed by atoms with Crippen LogP contribution in [0.3, 0.4) is 0 Å². The van der Waals surface area contributed by atoms with E-state index in [0.29, 0.717) is 22.5 Å². The zero-order valence-electron chi connectivity index (χ0n) is 11.4. The van der Waals surface area contributed by atoms with Gasteiger partial charge in [0.05, 0.1) is 10.0 Å². The largest absolute Gasteiger partial charge is 0.352 e. The molecule has 0 spiro atoms. The van der Waals surface area contributed by atoms with E-state index >= 15 is 0 Å². The van der Waals surface area contributed by atoms with Crippen molar-refractivity contribution >= 4 is 29.1 Å². The molecule has 0 aliphatic heterocycles. The predicted octanol–water partition coefficient (Wildman–Crippen LogP) is 4.41. The van der Waals surface area contributed by atoms with E-state index in [4.69, 9.17) is 23.2 Å². The molecule has 0 aromatic heterocycles. The summed E-state index contributed by atoms with van der Waals surface area (Å²) in [5.74, 6) is 0.560. The van der Waals surface area contributed by atoms with Gasteiger partial charge >= 0.3 is 0 Å². The van der Waals surface area contributed by atoms with E-state index < -0.39 is 0 Å². The summed E-state index contributed by atoms with van der Waals surface area (Å²) in [5, 5.41) is 4.00. The maximum absolute atomic E-state index is 12.1. The Balaban J connectivity index is 1.55. The number of benzene rings is 2. The normalized spacial score (nSPS) is 20.1. The fourth-order valence-electron chi connectivity index (χ4n) is 2.52. The van der Waals surface area contributed by atoms with Crippen LogP contribution in [0, 0.1) is 5.92 Å². The lowest BCUT2D eigenvalue weighted by molar-refractivity contribution is -0.122. The maximum Gasteiger partial charge on any atom is 0.224 e. The van der Waals surface area contributed by atoms with Crippen LogP contribution in [0.1, 0.15) is 23.5 Å². The van der Waals surface area contributed by atoms with Crippen LogP contribution >= 0.6 is 23.2 Å². The number of amides is 1. The van der Waals surface area contributed by atoms with Crippen molar-refractivity contribution in [2.45, 2.75) is 18.9 Å². The van der Waals surface area contributed by atoms with Gasteiger partial charge in [-0.25, -0.2) is 0 Å². The molecule has 2 aromatic rings. The second-order valence-electron chi connectivity index (χ2n) is 5.33. The Kier molecular flexibility index (Phi) is 4.18. The highest BCUT2D eigenvalue weighted by Crippen LogP contribution is 2.47. The number of rotatable bonds is 4. The van der Waals surface area contributed by atoms with E-state index in [1.807, 2.05) is 24.3 Å². The van der Waals surface area contributed by atoms with Gasteiger partial charge in [-0.1, -0.05) is 59.6 Å². The lowest BCUT2D eigenvalue weighted by Crippen LogP contribution is -2.24. The predicted molar refractivity (Wildman–Crippen MR) is 85.6 cm³/mol. The molecule has 108 valence electrons. The first kappa shape index (κ1) is 14.4. The van der Waals surface area contributed by atoms with E-state index in [9.17, 15) is 4.79 Å². The molecular weight excluding hydrogens is 305 g/mol. The second-order valence-corrected chi connectivity index (χ2v) is 6.14. The van der Waals surface area contributed by atoms with Crippen LogP contribution in [0.5, 0.6) is 0 Å². The van der Waals surface area contributed by atoms with Crippen molar-refractivity contribution in [3.8, 4) is 0 Å². The maximum atomic E-state index is 12.1. The van der Waals surface area contributed by atoms with E-state index in [0.717, 1.165) is 12.0 Å². The van der Waals surface area contributed by atoms with Gasteiger partial charge < -0.3 is 5.32 Å². The summed E-state index contributed by atoms with van der Waals surface area (Å²) in [7, 11) is 0. The Bertz CT molecular complexity index is 657. The molecule has 0 saturated heterocycles. The van der Waals surface area contributed by atoms with Gasteiger partial charge in [-0.3, -0.25) is 4.79 Å². The molecule has 2 atom stereocenters. The van der Waals surface area contributed by atoms with Gasteiger partial charge in [-0.05, 0) is 35.6 Å². The average Bonchev–Trinajstić information content (AvgIpc) is 3.30. The van der Waals surface area contributed by atoms with E-state index in [1.54, 1.807) is 12.1 Å². The van der Waals surface area contributed by atoms with E-state index in [1.165, 1.54) is 5.56 Å². The summed E-state index contributed by atoms with van der Waals surface area (Å²) >= 11 is 11.8. The quantitative estimate of drug-likeness (QED) is 0.888. The fourth-order valence-corrected chi connectivity index (χ4v) is 2.84. The summed E-state index contributed by atoms with van der Waals surface area (Å²) in [6, 6.07) is 15.6. The molecule has 3 rings (SSSR count). The topological polar surface area (TPSA) is 29.1 Å². The fraction of sp³-hybridized carbons (Fsp3) is 0.235. The Hall–Kier alpha value is -1.51. The Morgan fingerprint density at radius 1 is 1.10 bits per heavy atom. The van der Waals surface area contributed by atoms with E-state index in [-0.39, 0.29) is 11.8 Å². The molecule has 2 nitrogen and oxygen atoms in total. The van der Waals surface area contributed by atoms with Gasteiger partial charge in [0.2, 0.25) is 5.91 Å². The first-order valence-electron chi connectivity index (χ1n) is 6.92. The van der Waals surface area contributed by atoms with Crippen molar-refractivity contribution in [3.63, 3.8) is 0 Å².